The van der Waals surface area contributed by atoms with Crippen LogP contribution in [0.25, 0.3) is 0 Å². The number of fused-ring (bicyclic) bond motifs is 1. The summed E-state index contributed by atoms with van der Waals surface area (Å²) >= 11 is 0. The number of rotatable bonds is 1. The van der Waals surface area contributed by atoms with E-state index in [0.29, 0.717) is 6.61 Å². The van der Waals surface area contributed by atoms with Crippen LogP contribution in [-0.2, 0) is 0 Å². The van der Waals surface area contributed by atoms with Crippen molar-refractivity contribution in [2.24, 2.45) is 0 Å². The average Bonchev–Trinajstić information content (AvgIpc) is 2.40. The Balaban J connectivity index is 1.81. The maximum Gasteiger partial charge on any atom is 0.162 e. The third-order valence-corrected chi connectivity index (χ3v) is 3.48. The molecule has 4 nitrogen and oxygen atoms in total. The Morgan fingerprint density at radius 3 is 2.82 bits per heavy atom. The lowest BCUT2D eigenvalue weighted by Crippen LogP contribution is -2.64. The number of ether oxygens (including phenoxy) is 2. The number of hydrogen-bond donors (Lipinski definition) is 2. The van der Waals surface area contributed by atoms with Gasteiger partial charge in [0.1, 0.15) is 6.61 Å². The maximum atomic E-state index is 6.13. The van der Waals surface area contributed by atoms with Crippen molar-refractivity contribution >= 4 is 0 Å². The minimum Gasteiger partial charge on any atom is -0.485 e. The fourth-order valence-electron chi connectivity index (χ4n) is 2.41. The molecule has 0 saturated carbocycles. The van der Waals surface area contributed by atoms with Gasteiger partial charge in [-0.2, -0.15) is 0 Å². The third kappa shape index (κ3) is 1.98. The molecule has 0 amide bonds. The van der Waals surface area contributed by atoms with Gasteiger partial charge < -0.3 is 20.1 Å². The van der Waals surface area contributed by atoms with Gasteiger partial charge in [0.25, 0.3) is 0 Å². The van der Waals surface area contributed by atoms with Gasteiger partial charge in [-0.05, 0) is 19.1 Å². The molecule has 0 bridgehead atoms. The van der Waals surface area contributed by atoms with Gasteiger partial charge in [-0.3, -0.25) is 0 Å². The van der Waals surface area contributed by atoms with Crippen LogP contribution in [0, 0.1) is 0 Å². The van der Waals surface area contributed by atoms with Crippen molar-refractivity contribution in [1.82, 2.24) is 10.6 Å². The predicted molar refractivity (Wildman–Crippen MR) is 65.6 cm³/mol. The van der Waals surface area contributed by atoms with Gasteiger partial charge in [0.05, 0.1) is 6.04 Å². The SMILES string of the molecule is CC1(C2CNCCN2)COc2ccccc2O1. The summed E-state index contributed by atoms with van der Waals surface area (Å²) in [6.45, 7) is 5.61. The molecule has 2 N–H and O–H groups in total. The first kappa shape index (κ1) is 10.9. The van der Waals surface area contributed by atoms with Gasteiger partial charge in [0.15, 0.2) is 17.1 Å². The topological polar surface area (TPSA) is 42.5 Å². The summed E-state index contributed by atoms with van der Waals surface area (Å²) in [7, 11) is 0. The standard InChI is InChI=1S/C13H18N2O2/c1-13(12-8-14-6-7-15-12)9-16-10-4-2-3-5-11(10)17-13/h2-5,12,14-15H,6-9H2,1H3. The minimum atomic E-state index is -0.304. The summed E-state index contributed by atoms with van der Waals surface area (Å²) in [5, 5.41) is 6.88. The number of para-hydroxylation sites is 2. The van der Waals surface area contributed by atoms with Crippen molar-refractivity contribution in [3.63, 3.8) is 0 Å². The molecule has 0 radical (unpaired) electrons. The van der Waals surface area contributed by atoms with E-state index < -0.39 is 0 Å². The lowest BCUT2D eigenvalue weighted by molar-refractivity contribution is -0.0258. The Bertz CT molecular complexity index is 404. The predicted octanol–water partition coefficient (Wildman–Crippen LogP) is 0.778. The van der Waals surface area contributed by atoms with E-state index in [2.05, 4.69) is 17.6 Å². The molecule has 0 aliphatic carbocycles. The highest BCUT2D eigenvalue weighted by Gasteiger charge is 2.41. The van der Waals surface area contributed by atoms with Crippen LogP contribution in [0.15, 0.2) is 24.3 Å². The Labute approximate surface area is 101 Å². The zero-order valence-corrected chi connectivity index (χ0v) is 10.0. The largest absolute Gasteiger partial charge is 0.485 e. The Hall–Kier alpha value is -1.26. The average molecular weight is 234 g/mol. The van der Waals surface area contributed by atoms with Gasteiger partial charge >= 0.3 is 0 Å². The molecule has 92 valence electrons. The van der Waals surface area contributed by atoms with Crippen LogP contribution in [0.5, 0.6) is 11.5 Å². The molecule has 2 aliphatic heterocycles. The van der Waals surface area contributed by atoms with Crippen LogP contribution < -0.4 is 20.1 Å². The van der Waals surface area contributed by atoms with Crippen molar-refractivity contribution in [2.45, 2.75) is 18.6 Å². The Kier molecular flexibility index (Phi) is 2.68. The van der Waals surface area contributed by atoms with Crippen LogP contribution in [0.1, 0.15) is 6.92 Å². The van der Waals surface area contributed by atoms with E-state index >= 15 is 0 Å². The fourth-order valence-corrected chi connectivity index (χ4v) is 2.41. The summed E-state index contributed by atoms with van der Waals surface area (Å²) in [5.41, 5.74) is -0.304. The summed E-state index contributed by atoms with van der Waals surface area (Å²) < 4.78 is 11.9. The van der Waals surface area contributed by atoms with E-state index in [1.54, 1.807) is 0 Å². The minimum absolute atomic E-state index is 0.282. The number of piperazine rings is 1. The monoisotopic (exact) mass is 234 g/mol. The van der Waals surface area contributed by atoms with Crippen LogP contribution in [0.3, 0.4) is 0 Å². The van der Waals surface area contributed by atoms with Crippen LogP contribution in [0.2, 0.25) is 0 Å². The van der Waals surface area contributed by atoms with Gasteiger partial charge in [0.2, 0.25) is 0 Å². The Morgan fingerprint density at radius 1 is 1.24 bits per heavy atom. The highest BCUT2D eigenvalue weighted by atomic mass is 16.6. The third-order valence-electron chi connectivity index (χ3n) is 3.48. The molecule has 17 heavy (non-hydrogen) atoms. The molecule has 1 aromatic rings. The molecule has 0 aromatic heterocycles. The first-order valence-electron chi connectivity index (χ1n) is 6.13. The summed E-state index contributed by atoms with van der Waals surface area (Å²) in [4.78, 5) is 0. The van der Waals surface area contributed by atoms with Crippen LogP contribution >= 0.6 is 0 Å². The highest BCUT2D eigenvalue weighted by molar-refractivity contribution is 5.41. The van der Waals surface area contributed by atoms with E-state index in [-0.39, 0.29) is 11.6 Å². The van der Waals surface area contributed by atoms with Crippen molar-refractivity contribution in [1.29, 1.82) is 0 Å². The second kappa shape index (κ2) is 4.20. The molecule has 1 aromatic carbocycles. The first-order chi connectivity index (χ1) is 8.28. The maximum absolute atomic E-state index is 6.13. The van der Waals surface area contributed by atoms with Gasteiger partial charge in [-0.1, -0.05) is 12.1 Å². The van der Waals surface area contributed by atoms with Crippen molar-refractivity contribution in [2.75, 3.05) is 26.2 Å². The highest BCUT2D eigenvalue weighted by Crippen LogP contribution is 2.36. The molecule has 2 atom stereocenters. The number of benzene rings is 1. The second-order valence-corrected chi connectivity index (χ2v) is 4.86. The molecular weight excluding hydrogens is 216 g/mol. The normalized spacial score (nSPS) is 32.2. The van der Waals surface area contributed by atoms with Crippen molar-refractivity contribution in [3.05, 3.63) is 24.3 Å². The fraction of sp³-hybridized carbons (Fsp3) is 0.538. The second-order valence-electron chi connectivity index (χ2n) is 4.86. The van der Waals surface area contributed by atoms with Crippen molar-refractivity contribution < 1.29 is 9.47 Å². The zero-order chi connectivity index (χ0) is 11.7. The molecule has 1 saturated heterocycles. The van der Waals surface area contributed by atoms with Crippen molar-refractivity contribution in [3.8, 4) is 11.5 Å². The molecule has 1 fully saturated rings. The van der Waals surface area contributed by atoms with E-state index in [0.717, 1.165) is 31.1 Å². The molecule has 2 aliphatic rings. The Morgan fingerprint density at radius 2 is 2.06 bits per heavy atom. The summed E-state index contributed by atoms with van der Waals surface area (Å²) in [6, 6.07) is 8.13. The molecule has 4 heteroatoms. The summed E-state index contributed by atoms with van der Waals surface area (Å²) in [5.74, 6) is 1.68. The molecular formula is C13H18N2O2. The quantitative estimate of drug-likeness (QED) is 0.753. The lowest BCUT2D eigenvalue weighted by atomic mass is 9.94. The van der Waals surface area contributed by atoms with E-state index in [1.807, 2.05) is 24.3 Å². The van der Waals surface area contributed by atoms with E-state index in [9.17, 15) is 0 Å². The van der Waals surface area contributed by atoms with Gasteiger partial charge in [0, 0.05) is 19.6 Å². The van der Waals surface area contributed by atoms with Gasteiger partial charge in [-0.25, -0.2) is 0 Å². The van der Waals surface area contributed by atoms with Crippen LogP contribution in [0.4, 0.5) is 0 Å². The van der Waals surface area contributed by atoms with E-state index in [1.165, 1.54) is 0 Å². The molecule has 0 spiro atoms. The lowest BCUT2D eigenvalue weighted by Gasteiger charge is -2.43. The molecule has 2 heterocycles. The smallest absolute Gasteiger partial charge is 0.162 e. The zero-order valence-electron chi connectivity index (χ0n) is 10.0. The molecule has 2 unspecified atom stereocenters. The number of hydrogen-bond acceptors (Lipinski definition) is 4. The van der Waals surface area contributed by atoms with Gasteiger partial charge in [-0.15, -0.1) is 0 Å². The van der Waals surface area contributed by atoms with E-state index in [4.69, 9.17) is 9.47 Å². The van der Waals surface area contributed by atoms with Crippen LogP contribution in [-0.4, -0.2) is 37.9 Å². The first-order valence-corrected chi connectivity index (χ1v) is 6.13. The number of nitrogens with one attached hydrogen (secondary N) is 2. The summed E-state index contributed by atoms with van der Waals surface area (Å²) in [6.07, 6.45) is 0. The molecule has 3 rings (SSSR count).